The Kier molecular flexibility index (Phi) is 4.03. The Labute approximate surface area is 98.5 Å². The van der Waals surface area contributed by atoms with Crippen LogP contribution in [0.5, 0.6) is 0 Å². The second-order valence-corrected chi connectivity index (χ2v) is 7.94. The molecule has 2 nitrogen and oxygen atoms in total. The SMILES string of the molecule is CC(C)c1ccc(C(=O)C[S+](C)(C)=O)cc1. The van der Waals surface area contributed by atoms with Gasteiger partial charge in [-0.3, -0.25) is 4.79 Å². The summed E-state index contributed by atoms with van der Waals surface area (Å²) >= 11 is 0. The van der Waals surface area contributed by atoms with Crippen molar-refractivity contribution in [2.24, 2.45) is 0 Å². The number of hydrogen-bond acceptors (Lipinski definition) is 2. The zero-order valence-corrected chi connectivity index (χ0v) is 11.1. The fourth-order valence-corrected chi connectivity index (χ4v) is 2.25. The number of rotatable bonds is 4. The van der Waals surface area contributed by atoms with E-state index in [-0.39, 0.29) is 11.5 Å². The van der Waals surface area contributed by atoms with Crippen LogP contribution in [-0.2, 0) is 14.1 Å². The molecule has 0 saturated carbocycles. The largest absolute Gasteiger partial charge is 0.289 e. The summed E-state index contributed by atoms with van der Waals surface area (Å²) < 4.78 is 11.5. The highest BCUT2D eigenvalue weighted by Gasteiger charge is 2.20. The lowest BCUT2D eigenvalue weighted by molar-refractivity contribution is 0.102. The Morgan fingerprint density at radius 2 is 1.69 bits per heavy atom. The number of Topliss-reactive ketones (excluding diaryl/α,β-unsaturated/α-hetero) is 1. The first-order valence-corrected chi connectivity index (χ1v) is 7.89. The lowest BCUT2D eigenvalue weighted by Gasteiger charge is -2.06. The fourth-order valence-electron chi connectivity index (χ4n) is 1.45. The first-order valence-electron chi connectivity index (χ1n) is 5.34. The molecule has 0 spiro atoms. The van der Waals surface area contributed by atoms with E-state index in [1.54, 1.807) is 12.5 Å². The molecule has 3 heteroatoms. The molecule has 16 heavy (non-hydrogen) atoms. The van der Waals surface area contributed by atoms with Crippen molar-refractivity contribution in [1.29, 1.82) is 0 Å². The average molecular weight is 239 g/mol. The van der Waals surface area contributed by atoms with Gasteiger partial charge in [-0.15, -0.1) is 4.21 Å². The highest BCUT2D eigenvalue weighted by molar-refractivity contribution is 8.02. The maximum atomic E-state index is 11.8. The maximum absolute atomic E-state index is 11.8. The molecule has 1 aromatic carbocycles. The molecule has 0 saturated heterocycles. The lowest BCUT2D eigenvalue weighted by Crippen LogP contribution is -2.19. The quantitative estimate of drug-likeness (QED) is 0.598. The van der Waals surface area contributed by atoms with Gasteiger partial charge in [0.15, 0.2) is 5.75 Å². The Morgan fingerprint density at radius 3 is 2.06 bits per heavy atom. The van der Waals surface area contributed by atoms with E-state index in [4.69, 9.17) is 0 Å². The van der Waals surface area contributed by atoms with Gasteiger partial charge in [-0.25, -0.2) is 0 Å². The molecule has 0 aliphatic heterocycles. The zero-order valence-electron chi connectivity index (χ0n) is 10.3. The molecular formula is C13H19O2S+. The van der Waals surface area contributed by atoms with Crippen molar-refractivity contribution in [2.75, 3.05) is 18.3 Å². The number of benzene rings is 1. The summed E-state index contributed by atoms with van der Waals surface area (Å²) in [5, 5.41) is 0. The Bertz CT molecular complexity index is 412. The van der Waals surface area contributed by atoms with Gasteiger partial charge in [-0.2, -0.15) is 0 Å². The molecule has 0 N–H and O–H groups in total. The van der Waals surface area contributed by atoms with Crippen molar-refractivity contribution >= 4 is 15.7 Å². The van der Waals surface area contributed by atoms with Gasteiger partial charge in [0.25, 0.3) is 0 Å². The summed E-state index contributed by atoms with van der Waals surface area (Å²) in [4.78, 5) is 11.8. The monoisotopic (exact) mass is 239 g/mol. The summed E-state index contributed by atoms with van der Waals surface area (Å²) in [5.41, 5.74) is 1.87. The maximum Gasteiger partial charge on any atom is 0.211 e. The van der Waals surface area contributed by atoms with Gasteiger partial charge in [0, 0.05) is 5.56 Å². The fraction of sp³-hybridized carbons (Fsp3) is 0.462. The van der Waals surface area contributed by atoms with E-state index in [0.717, 1.165) is 0 Å². The zero-order chi connectivity index (χ0) is 12.3. The van der Waals surface area contributed by atoms with Crippen LogP contribution in [0.4, 0.5) is 0 Å². The minimum atomic E-state index is -2.00. The number of carbonyl (C=O) groups is 1. The lowest BCUT2D eigenvalue weighted by atomic mass is 10.0. The summed E-state index contributed by atoms with van der Waals surface area (Å²) in [5.74, 6) is 0.560. The predicted octanol–water partition coefficient (Wildman–Crippen LogP) is 2.75. The number of carbonyl (C=O) groups excluding carboxylic acids is 1. The molecule has 0 bridgehead atoms. The van der Waals surface area contributed by atoms with Gasteiger partial charge in [0.05, 0.1) is 9.93 Å². The molecule has 1 aromatic rings. The molecule has 0 heterocycles. The summed E-state index contributed by atoms with van der Waals surface area (Å²) in [7, 11) is -2.00. The van der Waals surface area contributed by atoms with Crippen LogP contribution in [0.1, 0.15) is 35.7 Å². The van der Waals surface area contributed by atoms with Crippen LogP contribution in [0.15, 0.2) is 24.3 Å². The normalized spacial score (nSPS) is 11.8. The van der Waals surface area contributed by atoms with Gasteiger partial charge in [-0.1, -0.05) is 38.1 Å². The van der Waals surface area contributed by atoms with E-state index < -0.39 is 9.93 Å². The van der Waals surface area contributed by atoms with Crippen LogP contribution in [0.3, 0.4) is 0 Å². The second kappa shape index (κ2) is 4.91. The van der Waals surface area contributed by atoms with Crippen LogP contribution in [0.2, 0.25) is 0 Å². The Balaban J connectivity index is 2.82. The highest BCUT2D eigenvalue weighted by Crippen LogP contribution is 2.15. The van der Waals surface area contributed by atoms with Crippen LogP contribution in [0, 0.1) is 0 Å². The van der Waals surface area contributed by atoms with Crippen LogP contribution < -0.4 is 0 Å². The van der Waals surface area contributed by atoms with E-state index in [2.05, 4.69) is 13.8 Å². The van der Waals surface area contributed by atoms with Crippen molar-refractivity contribution in [1.82, 2.24) is 0 Å². The van der Waals surface area contributed by atoms with Gasteiger partial charge in [0.1, 0.15) is 12.5 Å². The smallest absolute Gasteiger partial charge is 0.211 e. The molecule has 0 aliphatic rings. The summed E-state index contributed by atoms with van der Waals surface area (Å²) in [6.45, 7) is 4.23. The van der Waals surface area contributed by atoms with Crippen molar-refractivity contribution in [3.63, 3.8) is 0 Å². The minimum absolute atomic E-state index is 0.0368. The van der Waals surface area contributed by atoms with Crippen molar-refractivity contribution < 1.29 is 9.00 Å². The van der Waals surface area contributed by atoms with E-state index in [1.165, 1.54) is 5.56 Å². The third-order valence-electron chi connectivity index (χ3n) is 2.38. The third-order valence-corrected chi connectivity index (χ3v) is 3.34. The topological polar surface area (TPSA) is 34.1 Å². The van der Waals surface area contributed by atoms with Gasteiger partial charge >= 0.3 is 0 Å². The van der Waals surface area contributed by atoms with Crippen LogP contribution in [-0.4, -0.2) is 24.0 Å². The van der Waals surface area contributed by atoms with E-state index in [1.807, 2.05) is 24.3 Å². The van der Waals surface area contributed by atoms with Gasteiger partial charge in [0.2, 0.25) is 5.78 Å². The number of hydrogen-bond donors (Lipinski definition) is 0. The van der Waals surface area contributed by atoms with Gasteiger partial charge < -0.3 is 0 Å². The van der Waals surface area contributed by atoms with E-state index >= 15 is 0 Å². The van der Waals surface area contributed by atoms with Crippen LogP contribution >= 0.6 is 0 Å². The molecule has 0 fully saturated rings. The molecule has 88 valence electrons. The molecule has 0 amide bonds. The standard InChI is InChI=1S/C13H19O2S/c1-10(2)11-5-7-12(8-6-11)13(14)9-16(3,4)15/h5-8,10H,9H2,1-4H3/q+1. The summed E-state index contributed by atoms with van der Waals surface area (Å²) in [6, 6.07) is 7.57. The molecule has 0 aromatic heterocycles. The molecule has 0 atom stereocenters. The van der Waals surface area contributed by atoms with Crippen LogP contribution in [0.25, 0.3) is 0 Å². The summed E-state index contributed by atoms with van der Waals surface area (Å²) in [6.07, 6.45) is 3.24. The van der Waals surface area contributed by atoms with Crippen molar-refractivity contribution in [3.8, 4) is 0 Å². The Hall–Kier alpha value is -0.960. The highest BCUT2D eigenvalue weighted by atomic mass is 32.2. The van der Waals surface area contributed by atoms with Crippen molar-refractivity contribution in [2.45, 2.75) is 19.8 Å². The third kappa shape index (κ3) is 3.89. The predicted molar refractivity (Wildman–Crippen MR) is 69.6 cm³/mol. The first-order chi connectivity index (χ1) is 7.29. The first kappa shape index (κ1) is 13.1. The average Bonchev–Trinajstić information content (AvgIpc) is 2.15. The number of ketones is 1. The van der Waals surface area contributed by atoms with E-state index in [0.29, 0.717) is 11.5 Å². The van der Waals surface area contributed by atoms with Crippen molar-refractivity contribution in [3.05, 3.63) is 35.4 Å². The molecule has 1 rings (SSSR count). The minimum Gasteiger partial charge on any atom is -0.289 e. The van der Waals surface area contributed by atoms with Gasteiger partial charge in [-0.05, 0) is 11.5 Å². The van der Waals surface area contributed by atoms with E-state index in [9.17, 15) is 9.00 Å². The second-order valence-electron chi connectivity index (χ2n) is 4.78. The molecule has 0 aliphatic carbocycles. The molecule has 0 unspecified atom stereocenters. The Morgan fingerprint density at radius 1 is 1.19 bits per heavy atom. The molecular weight excluding hydrogens is 220 g/mol. The molecule has 0 radical (unpaired) electrons.